The maximum atomic E-state index is 12.2. The molecule has 0 saturated carbocycles. The Morgan fingerprint density at radius 1 is 1.44 bits per heavy atom. The Morgan fingerprint density at radius 3 is 2.56 bits per heavy atom. The number of carbonyl (C=O) groups excluding carboxylic acids is 1. The Labute approximate surface area is 116 Å². The first kappa shape index (κ1) is 15.4. The summed E-state index contributed by atoms with van der Waals surface area (Å²) >= 11 is 6.71. The number of rotatable bonds is 6. The summed E-state index contributed by atoms with van der Waals surface area (Å²) in [7, 11) is -3.64. The van der Waals surface area contributed by atoms with Crippen LogP contribution in [0.25, 0.3) is 0 Å². The highest BCUT2D eigenvalue weighted by molar-refractivity contribution is 7.91. The van der Waals surface area contributed by atoms with Gasteiger partial charge in [-0.25, -0.2) is 8.42 Å². The third-order valence-corrected chi connectivity index (χ3v) is 5.81. The van der Waals surface area contributed by atoms with Gasteiger partial charge in [0.2, 0.25) is 5.91 Å². The van der Waals surface area contributed by atoms with Crippen LogP contribution in [0.1, 0.15) is 13.8 Å². The van der Waals surface area contributed by atoms with Crippen molar-refractivity contribution in [3.05, 3.63) is 16.5 Å². The molecule has 1 heterocycles. The molecule has 5 nitrogen and oxygen atoms in total. The zero-order chi connectivity index (χ0) is 13.8. The molecule has 0 aliphatic heterocycles. The Morgan fingerprint density at radius 2 is 2.11 bits per heavy atom. The van der Waals surface area contributed by atoms with Crippen molar-refractivity contribution >= 4 is 38.9 Å². The topological polar surface area (TPSA) is 66.5 Å². The second-order valence-corrected chi connectivity index (χ2v) is 7.32. The second-order valence-electron chi connectivity index (χ2n) is 3.44. The molecule has 0 fully saturated rings. The van der Waals surface area contributed by atoms with Crippen LogP contribution in [0.5, 0.6) is 0 Å². The van der Waals surface area contributed by atoms with Gasteiger partial charge >= 0.3 is 0 Å². The summed E-state index contributed by atoms with van der Waals surface area (Å²) in [6.07, 6.45) is 0. The lowest BCUT2D eigenvalue weighted by molar-refractivity contribution is -0.121. The van der Waals surface area contributed by atoms with Gasteiger partial charge in [0.1, 0.15) is 4.21 Å². The van der Waals surface area contributed by atoms with E-state index in [1.165, 1.54) is 12.1 Å². The predicted octanol–water partition coefficient (Wildman–Crippen LogP) is 1.55. The van der Waals surface area contributed by atoms with Crippen LogP contribution in [0, 0.1) is 0 Å². The Hall–Kier alpha value is -0.630. The number of halogens is 1. The van der Waals surface area contributed by atoms with E-state index < -0.39 is 10.0 Å². The van der Waals surface area contributed by atoms with Crippen molar-refractivity contribution in [1.82, 2.24) is 9.62 Å². The third kappa shape index (κ3) is 3.68. The first-order valence-corrected chi connectivity index (χ1v) is 8.07. The van der Waals surface area contributed by atoms with Crippen molar-refractivity contribution in [3.63, 3.8) is 0 Å². The molecular formula is C10H15ClN2O3S2. The lowest BCUT2D eigenvalue weighted by Crippen LogP contribution is -2.40. The maximum Gasteiger partial charge on any atom is 0.253 e. The fraction of sp³-hybridized carbons (Fsp3) is 0.500. The van der Waals surface area contributed by atoms with Gasteiger partial charge in [0.05, 0.1) is 10.9 Å². The van der Waals surface area contributed by atoms with Crippen LogP contribution in [-0.4, -0.2) is 38.3 Å². The van der Waals surface area contributed by atoms with E-state index in [1.54, 1.807) is 13.8 Å². The molecular weight excluding hydrogens is 296 g/mol. The largest absolute Gasteiger partial charge is 0.355 e. The average Bonchev–Trinajstić information content (AvgIpc) is 2.73. The number of hydrogen-bond acceptors (Lipinski definition) is 4. The molecule has 18 heavy (non-hydrogen) atoms. The summed E-state index contributed by atoms with van der Waals surface area (Å²) in [4.78, 5) is 11.5. The molecule has 0 unspecified atom stereocenters. The van der Waals surface area contributed by atoms with Crippen LogP contribution in [0.2, 0.25) is 4.34 Å². The third-order valence-electron chi connectivity index (χ3n) is 2.19. The van der Waals surface area contributed by atoms with Crippen molar-refractivity contribution in [3.8, 4) is 0 Å². The number of likely N-dealkylation sites (N-methyl/N-ethyl adjacent to an activating group) is 2. The van der Waals surface area contributed by atoms with Gasteiger partial charge < -0.3 is 5.32 Å². The Balaban J connectivity index is 2.90. The summed E-state index contributed by atoms with van der Waals surface area (Å²) in [5.41, 5.74) is 0. The zero-order valence-electron chi connectivity index (χ0n) is 10.1. The molecule has 1 N–H and O–H groups in total. The van der Waals surface area contributed by atoms with Gasteiger partial charge in [-0.15, -0.1) is 11.3 Å². The van der Waals surface area contributed by atoms with Crippen molar-refractivity contribution in [1.29, 1.82) is 0 Å². The van der Waals surface area contributed by atoms with Gasteiger partial charge in [0.25, 0.3) is 10.0 Å². The minimum absolute atomic E-state index is 0.152. The molecule has 1 rings (SSSR count). The lowest BCUT2D eigenvalue weighted by Gasteiger charge is -2.18. The summed E-state index contributed by atoms with van der Waals surface area (Å²) in [6.45, 7) is 3.99. The van der Waals surface area contributed by atoms with E-state index in [2.05, 4.69) is 5.32 Å². The fourth-order valence-corrected chi connectivity index (χ4v) is 4.39. The molecule has 0 saturated heterocycles. The van der Waals surface area contributed by atoms with Crippen LogP contribution in [-0.2, 0) is 14.8 Å². The van der Waals surface area contributed by atoms with E-state index in [0.717, 1.165) is 15.6 Å². The molecule has 0 atom stereocenters. The van der Waals surface area contributed by atoms with E-state index in [-0.39, 0.29) is 23.2 Å². The summed E-state index contributed by atoms with van der Waals surface area (Å²) in [5, 5.41) is 2.57. The molecule has 0 aliphatic carbocycles. The first-order valence-electron chi connectivity index (χ1n) is 5.44. The van der Waals surface area contributed by atoms with Gasteiger partial charge in [-0.1, -0.05) is 18.5 Å². The highest BCUT2D eigenvalue weighted by Gasteiger charge is 2.26. The lowest BCUT2D eigenvalue weighted by atomic mass is 10.5. The van der Waals surface area contributed by atoms with Crippen molar-refractivity contribution in [2.75, 3.05) is 19.6 Å². The minimum atomic E-state index is -3.64. The molecule has 1 amide bonds. The zero-order valence-corrected chi connectivity index (χ0v) is 12.5. The molecule has 1 aromatic rings. The van der Waals surface area contributed by atoms with Gasteiger partial charge in [-0.3, -0.25) is 4.79 Å². The average molecular weight is 311 g/mol. The van der Waals surface area contributed by atoms with E-state index in [9.17, 15) is 13.2 Å². The maximum absolute atomic E-state index is 12.2. The number of sulfonamides is 1. The van der Waals surface area contributed by atoms with Gasteiger partial charge in [-0.2, -0.15) is 4.31 Å². The number of nitrogens with zero attached hydrogens (tertiary/aromatic N) is 1. The summed E-state index contributed by atoms with van der Waals surface area (Å²) in [6, 6.07) is 2.97. The van der Waals surface area contributed by atoms with E-state index in [1.807, 2.05) is 0 Å². The SMILES string of the molecule is CCNC(=O)CN(CC)S(=O)(=O)c1ccc(Cl)s1. The monoisotopic (exact) mass is 310 g/mol. The summed E-state index contributed by atoms with van der Waals surface area (Å²) < 4.78 is 26.1. The molecule has 8 heteroatoms. The van der Waals surface area contributed by atoms with E-state index >= 15 is 0 Å². The van der Waals surface area contributed by atoms with Crippen LogP contribution in [0.4, 0.5) is 0 Å². The summed E-state index contributed by atoms with van der Waals surface area (Å²) in [5.74, 6) is -0.314. The van der Waals surface area contributed by atoms with Crippen molar-refractivity contribution in [2.45, 2.75) is 18.1 Å². The predicted molar refractivity (Wildman–Crippen MR) is 72.4 cm³/mol. The quantitative estimate of drug-likeness (QED) is 0.867. The Kier molecular flexibility index (Phi) is 5.58. The molecule has 0 radical (unpaired) electrons. The normalized spacial score (nSPS) is 11.8. The fourth-order valence-electron chi connectivity index (χ4n) is 1.34. The standard InChI is InChI=1S/C10H15ClN2O3S2/c1-3-12-9(14)7-13(4-2)18(15,16)10-6-5-8(11)17-10/h5-6H,3-4,7H2,1-2H3,(H,12,14). The number of amides is 1. The molecule has 0 bridgehead atoms. The van der Waals surface area contributed by atoms with E-state index in [0.29, 0.717) is 10.9 Å². The molecule has 0 aromatic carbocycles. The van der Waals surface area contributed by atoms with Gasteiger partial charge in [0.15, 0.2) is 0 Å². The van der Waals surface area contributed by atoms with Gasteiger partial charge in [-0.05, 0) is 19.1 Å². The number of carbonyl (C=O) groups is 1. The molecule has 0 aliphatic rings. The van der Waals surface area contributed by atoms with E-state index in [4.69, 9.17) is 11.6 Å². The number of nitrogens with one attached hydrogen (secondary N) is 1. The molecule has 1 aromatic heterocycles. The highest BCUT2D eigenvalue weighted by atomic mass is 35.5. The first-order chi connectivity index (χ1) is 8.41. The minimum Gasteiger partial charge on any atom is -0.355 e. The molecule has 102 valence electrons. The van der Waals surface area contributed by atoms with Crippen LogP contribution >= 0.6 is 22.9 Å². The number of hydrogen-bond donors (Lipinski definition) is 1. The highest BCUT2D eigenvalue weighted by Crippen LogP contribution is 2.27. The van der Waals surface area contributed by atoms with Crippen molar-refractivity contribution in [2.24, 2.45) is 0 Å². The molecule has 0 spiro atoms. The second kappa shape index (κ2) is 6.51. The van der Waals surface area contributed by atoms with Gasteiger partial charge in [0, 0.05) is 13.1 Å². The van der Waals surface area contributed by atoms with Crippen molar-refractivity contribution < 1.29 is 13.2 Å². The van der Waals surface area contributed by atoms with Crippen LogP contribution in [0.15, 0.2) is 16.3 Å². The van der Waals surface area contributed by atoms with Crippen LogP contribution < -0.4 is 5.32 Å². The van der Waals surface area contributed by atoms with Crippen LogP contribution in [0.3, 0.4) is 0 Å². The smallest absolute Gasteiger partial charge is 0.253 e. The Bertz CT molecular complexity index is 513. The number of thiophene rings is 1.